The zero-order valence-corrected chi connectivity index (χ0v) is 14.5. The minimum Gasteiger partial charge on any atom is -0.499 e. The van der Waals surface area contributed by atoms with E-state index >= 15 is 0 Å². The van der Waals surface area contributed by atoms with E-state index in [2.05, 4.69) is 38.2 Å². The van der Waals surface area contributed by atoms with Crippen molar-refractivity contribution in [3.8, 4) is 10.8 Å². The van der Waals surface area contributed by atoms with Crippen LogP contribution in [0.4, 0.5) is 0 Å². The number of hydrogen-bond donors (Lipinski definition) is 2. The fraction of sp³-hybridized carbons (Fsp3) is 0.444. The highest BCUT2D eigenvalue weighted by atomic mass is 32.1. The highest BCUT2D eigenvalue weighted by Gasteiger charge is 2.20. The molecule has 2 aromatic rings. The fourth-order valence-corrected chi connectivity index (χ4v) is 3.29. The van der Waals surface area contributed by atoms with Crippen LogP contribution in [0.5, 0.6) is 10.8 Å². The number of hydrogen-bond acceptors (Lipinski definition) is 4. The Bertz CT molecular complexity index is 589. The fourth-order valence-electron chi connectivity index (χ4n) is 2.54. The lowest BCUT2D eigenvalue weighted by molar-refractivity contribution is 0.373. The molecule has 3 nitrogen and oxygen atoms in total. The van der Waals surface area contributed by atoms with E-state index in [9.17, 15) is 5.11 Å². The SMILES string of the molecule is COc1ccc(CC(C)(C)NCC(C)c2ccsc2O)cc1. The van der Waals surface area contributed by atoms with Crippen LogP contribution in [0.3, 0.4) is 0 Å². The summed E-state index contributed by atoms with van der Waals surface area (Å²) in [7, 11) is 1.68. The molecule has 0 spiro atoms. The van der Waals surface area contributed by atoms with Crippen molar-refractivity contribution in [3.05, 3.63) is 46.8 Å². The molecule has 0 aliphatic heterocycles. The third-order valence-corrected chi connectivity index (χ3v) is 4.63. The number of nitrogens with one attached hydrogen (secondary N) is 1. The molecule has 2 rings (SSSR count). The smallest absolute Gasteiger partial charge is 0.174 e. The normalized spacial score (nSPS) is 13.1. The highest BCUT2D eigenvalue weighted by Crippen LogP contribution is 2.30. The van der Waals surface area contributed by atoms with E-state index in [0.29, 0.717) is 11.0 Å². The van der Waals surface area contributed by atoms with Crippen LogP contribution in [0.15, 0.2) is 35.7 Å². The summed E-state index contributed by atoms with van der Waals surface area (Å²) < 4.78 is 5.19. The van der Waals surface area contributed by atoms with Crippen LogP contribution in [0.25, 0.3) is 0 Å². The molecule has 0 saturated heterocycles. The van der Waals surface area contributed by atoms with Gasteiger partial charge in [-0.05, 0) is 55.3 Å². The summed E-state index contributed by atoms with van der Waals surface area (Å²) in [6.07, 6.45) is 0.944. The average Bonchev–Trinajstić information content (AvgIpc) is 2.91. The molecule has 0 aliphatic rings. The first kappa shape index (κ1) is 16.8. The monoisotopic (exact) mass is 319 g/mol. The van der Waals surface area contributed by atoms with Gasteiger partial charge in [-0.2, -0.15) is 0 Å². The topological polar surface area (TPSA) is 41.5 Å². The summed E-state index contributed by atoms with van der Waals surface area (Å²) in [4.78, 5) is 0. The zero-order valence-electron chi connectivity index (χ0n) is 13.7. The molecule has 0 bridgehead atoms. The predicted molar refractivity (Wildman–Crippen MR) is 93.2 cm³/mol. The van der Waals surface area contributed by atoms with Crippen LogP contribution in [0.1, 0.15) is 37.8 Å². The maximum absolute atomic E-state index is 9.81. The molecule has 0 radical (unpaired) electrons. The van der Waals surface area contributed by atoms with Crippen LogP contribution in [0.2, 0.25) is 0 Å². The van der Waals surface area contributed by atoms with Gasteiger partial charge in [0.15, 0.2) is 5.06 Å². The first-order valence-electron chi connectivity index (χ1n) is 7.55. The van der Waals surface area contributed by atoms with E-state index in [1.54, 1.807) is 7.11 Å². The molecule has 0 saturated carbocycles. The van der Waals surface area contributed by atoms with Crippen molar-refractivity contribution in [2.24, 2.45) is 0 Å². The van der Waals surface area contributed by atoms with Gasteiger partial charge in [0.25, 0.3) is 0 Å². The Morgan fingerprint density at radius 2 is 1.91 bits per heavy atom. The predicted octanol–water partition coefficient (Wildman–Crippen LogP) is 4.18. The molecule has 1 aromatic carbocycles. The molecular formula is C18H25NO2S. The number of methoxy groups -OCH3 is 1. The lowest BCUT2D eigenvalue weighted by Gasteiger charge is -2.28. The Hall–Kier alpha value is -1.52. The third-order valence-electron chi connectivity index (χ3n) is 3.90. The molecule has 1 unspecified atom stereocenters. The van der Waals surface area contributed by atoms with Crippen LogP contribution >= 0.6 is 11.3 Å². The van der Waals surface area contributed by atoms with Crippen molar-refractivity contribution in [2.75, 3.05) is 13.7 Å². The summed E-state index contributed by atoms with van der Waals surface area (Å²) in [6.45, 7) is 7.39. The molecule has 0 fully saturated rings. The minimum atomic E-state index is -0.00547. The van der Waals surface area contributed by atoms with Crippen LogP contribution < -0.4 is 10.1 Å². The van der Waals surface area contributed by atoms with Gasteiger partial charge in [0.1, 0.15) is 5.75 Å². The van der Waals surface area contributed by atoms with E-state index in [0.717, 1.165) is 24.3 Å². The first-order chi connectivity index (χ1) is 10.4. The number of ether oxygens (including phenoxy) is 1. The summed E-state index contributed by atoms with van der Waals surface area (Å²) >= 11 is 1.39. The van der Waals surface area contributed by atoms with Gasteiger partial charge in [-0.1, -0.05) is 19.1 Å². The third kappa shape index (κ3) is 4.49. The van der Waals surface area contributed by atoms with Crippen molar-refractivity contribution in [2.45, 2.75) is 38.6 Å². The Morgan fingerprint density at radius 1 is 1.23 bits per heavy atom. The molecule has 0 amide bonds. The van der Waals surface area contributed by atoms with Gasteiger partial charge in [-0.25, -0.2) is 0 Å². The Labute approximate surface area is 137 Å². The summed E-state index contributed by atoms with van der Waals surface area (Å²) in [5.74, 6) is 1.18. The minimum absolute atomic E-state index is 0.00547. The number of benzene rings is 1. The maximum atomic E-state index is 9.81. The molecule has 2 N–H and O–H groups in total. The quantitative estimate of drug-likeness (QED) is 0.804. The standard InChI is InChI=1S/C18H25NO2S/c1-13(16-9-10-22-17(16)20)12-19-18(2,3)11-14-5-7-15(21-4)8-6-14/h5-10,13,19-20H,11-12H2,1-4H3. The molecule has 4 heteroatoms. The van der Waals surface area contributed by atoms with Crippen LogP contribution in [0, 0.1) is 0 Å². The van der Waals surface area contributed by atoms with E-state index in [1.165, 1.54) is 16.9 Å². The lowest BCUT2D eigenvalue weighted by atomic mass is 9.93. The summed E-state index contributed by atoms with van der Waals surface area (Å²) in [5.41, 5.74) is 2.30. The number of thiophene rings is 1. The second-order valence-corrected chi connectivity index (χ2v) is 7.27. The van der Waals surface area contributed by atoms with E-state index < -0.39 is 0 Å². The van der Waals surface area contributed by atoms with Gasteiger partial charge >= 0.3 is 0 Å². The van der Waals surface area contributed by atoms with Crippen LogP contribution in [-0.2, 0) is 6.42 Å². The summed E-state index contributed by atoms with van der Waals surface area (Å²) in [5, 5.41) is 15.8. The van der Waals surface area contributed by atoms with Crippen molar-refractivity contribution in [1.29, 1.82) is 0 Å². The van der Waals surface area contributed by atoms with Gasteiger partial charge in [-0.3, -0.25) is 0 Å². The largest absolute Gasteiger partial charge is 0.499 e. The van der Waals surface area contributed by atoms with Crippen molar-refractivity contribution in [1.82, 2.24) is 5.32 Å². The average molecular weight is 319 g/mol. The summed E-state index contributed by atoms with van der Waals surface area (Å²) in [6, 6.07) is 10.2. The number of rotatable bonds is 7. The second kappa shape index (κ2) is 7.16. The zero-order chi connectivity index (χ0) is 16.2. The Morgan fingerprint density at radius 3 is 2.45 bits per heavy atom. The lowest BCUT2D eigenvalue weighted by Crippen LogP contribution is -2.43. The van der Waals surface area contributed by atoms with Crippen molar-refractivity contribution >= 4 is 11.3 Å². The van der Waals surface area contributed by atoms with Gasteiger partial charge < -0.3 is 15.2 Å². The van der Waals surface area contributed by atoms with Gasteiger partial charge in [-0.15, -0.1) is 11.3 Å². The van der Waals surface area contributed by atoms with Gasteiger partial charge in [0, 0.05) is 17.6 Å². The van der Waals surface area contributed by atoms with Gasteiger partial charge in [0.2, 0.25) is 0 Å². The molecule has 22 heavy (non-hydrogen) atoms. The molecule has 0 aliphatic carbocycles. The van der Waals surface area contributed by atoms with Gasteiger partial charge in [0.05, 0.1) is 7.11 Å². The van der Waals surface area contributed by atoms with E-state index in [-0.39, 0.29) is 5.54 Å². The highest BCUT2D eigenvalue weighted by molar-refractivity contribution is 7.11. The Kier molecular flexibility index (Phi) is 5.48. The maximum Gasteiger partial charge on any atom is 0.174 e. The first-order valence-corrected chi connectivity index (χ1v) is 8.43. The molecule has 1 atom stereocenters. The van der Waals surface area contributed by atoms with E-state index in [1.807, 2.05) is 23.6 Å². The second-order valence-electron chi connectivity index (χ2n) is 6.37. The molecule has 120 valence electrons. The molecule has 1 heterocycles. The van der Waals surface area contributed by atoms with Crippen LogP contribution in [-0.4, -0.2) is 24.3 Å². The number of aromatic hydroxyl groups is 1. The molecular weight excluding hydrogens is 294 g/mol. The molecule has 1 aromatic heterocycles. The Balaban J connectivity index is 1.91. The van der Waals surface area contributed by atoms with Crippen molar-refractivity contribution < 1.29 is 9.84 Å². The van der Waals surface area contributed by atoms with Crippen molar-refractivity contribution in [3.63, 3.8) is 0 Å². The van der Waals surface area contributed by atoms with E-state index in [4.69, 9.17) is 4.74 Å².